The highest BCUT2D eigenvalue weighted by atomic mass is 19.1. The van der Waals surface area contributed by atoms with Gasteiger partial charge in [-0.3, -0.25) is 14.5 Å². The maximum absolute atomic E-state index is 14.5. The SMILES string of the molecule is CC(C)(C)OC(=O)N1CCC(COc2cccc(F)c2NC2=CC(=O)N(CCO)C2=O)CC1. The fraction of sp³-hybridized carbons (Fsp3) is 0.522. The summed E-state index contributed by atoms with van der Waals surface area (Å²) in [4.78, 5) is 39.1. The molecule has 2 aliphatic rings. The van der Waals surface area contributed by atoms with Gasteiger partial charge in [-0.1, -0.05) is 6.07 Å². The van der Waals surface area contributed by atoms with Gasteiger partial charge in [0.2, 0.25) is 0 Å². The molecule has 0 aliphatic carbocycles. The Bertz CT molecular complexity index is 935. The summed E-state index contributed by atoms with van der Waals surface area (Å²) in [6.07, 6.45) is 2.16. The maximum atomic E-state index is 14.5. The minimum absolute atomic E-state index is 0.0399. The first-order chi connectivity index (χ1) is 15.6. The van der Waals surface area contributed by atoms with Crippen LogP contribution in [0.5, 0.6) is 5.75 Å². The number of carbonyl (C=O) groups is 3. The lowest BCUT2D eigenvalue weighted by molar-refractivity contribution is -0.137. The largest absolute Gasteiger partial charge is 0.491 e. The molecule has 9 nitrogen and oxygen atoms in total. The molecule has 1 aromatic carbocycles. The van der Waals surface area contributed by atoms with E-state index >= 15 is 0 Å². The smallest absolute Gasteiger partial charge is 0.410 e. The van der Waals surface area contributed by atoms with E-state index in [1.54, 1.807) is 11.0 Å². The summed E-state index contributed by atoms with van der Waals surface area (Å²) in [5, 5.41) is 11.7. The van der Waals surface area contributed by atoms with Crippen molar-refractivity contribution in [2.45, 2.75) is 39.2 Å². The predicted molar refractivity (Wildman–Crippen MR) is 118 cm³/mol. The van der Waals surface area contributed by atoms with Gasteiger partial charge in [0.05, 0.1) is 19.8 Å². The number of para-hydroxylation sites is 1. The van der Waals surface area contributed by atoms with Crippen LogP contribution >= 0.6 is 0 Å². The van der Waals surface area contributed by atoms with Crippen LogP contribution in [0.1, 0.15) is 33.6 Å². The monoisotopic (exact) mass is 463 g/mol. The molecule has 0 radical (unpaired) electrons. The average molecular weight is 464 g/mol. The number of likely N-dealkylation sites (tertiary alicyclic amines) is 1. The van der Waals surface area contributed by atoms with Crippen LogP contribution in [0.15, 0.2) is 30.0 Å². The van der Waals surface area contributed by atoms with E-state index in [0.29, 0.717) is 32.5 Å². The zero-order chi connectivity index (χ0) is 24.2. The number of β-amino-alcohol motifs (C(OH)–C–C–N with tert-alkyl or cyclic N) is 1. The number of ether oxygens (including phenoxy) is 2. The number of nitrogens with one attached hydrogen (secondary N) is 1. The number of rotatable bonds is 7. The van der Waals surface area contributed by atoms with Crippen molar-refractivity contribution in [3.8, 4) is 5.75 Å². The van der Waals surface area contributed by atoms with Gasteiger partial charge in [-0.05, 0) is 51.7 Å². The van der Waals surface area contributed by atoms with Gasteiger partial charge >= 0.3 is 6.09 Å². The lowest BCUT2D eigenvalue weighted by atomic mass is 9.98. The molecular formula is C23H30FN3O6. The van der Waals surface area contributed by atoms with Gasteiger partial charge in [0.25, 0.3) is 11.8 Å². The van der Waals surface area contributed by atoms with Crippen molar-refractivity contribution < 1.29 is 33.4 Å². The molecule has 1 aromatic rings. The van der Waals surface area contributed by atoms with Crippen LogP contribution < -0.4 is 10.1 Å². The Kier molecular flexibility index (Phi) is 7.57. The summed E-state index contributed by atoms with van der Waals surface area (Å²) >= 11 is 0. The highest BCUT2D eigenvalue weighted by Gasteiger charge is 2.32. The number of carbonyl (C=O) groups excluding carboxylic acids is 3. The van der Waals surface area contributed by atoms with E-state index in [-0.39, 0.29) is 42.3 Å². The summed E-state index contributed by atoms with van der Waals surface area (Å²) in [6, 6.07) is 4.30. The predicted octanol–water partition coefficient (Wildman–Crippen LogP) is 2.51. The van der Waals surface area contributed by atoms with Gasteiger partial charge in [0.15, 0.2) is 0 Å². The lowest BCUT2D eigenvalue weighted by Gasteiger charge is -2.33. The van der Waals surface area contributed by atoms with Crippen molar-refractivity contribution in [3.63, 3.8) is 0 Å². The molecule has 2 N–H and O–H groups in total. The number of hydrogen-bond acceptors (Lipinski definition) is 7. The first kappa shape index (κ1) is 24.5. The maximum Gasteiger partial charge on any atom is 0.410 e. The van der Waals surface area contributed by atoms with Gasteiger partial charge < -0.3 is 24.8 Å². The number of benzene rings is 1. The topological polar surface area (TPSA) is 108 Å². The molecule has 1 saturated heterocycles. The van der Waals surface area contributed by atoms with Crippen LogP contribution in [0.2, 0.25) is 0 Å². The van der Waals surface area contributed by atoms with Crippen molar-refractivity contribution >= 4 is 23.6 Å². The number of nitrogens with zero attached hydrogens (tertiary/aromatic N) is 2. The van der Waals surface area contributed by atoms with Gasteiger partial charge in [-0.15, -0.1) is 0 Å². The van der Waals surface area contributed by atoms with Gasteiger partial charge in [-0.2, -0.15) is 0 Å². The molecule has 0 atom stereocenters. The van der Waals surface area contributed by atoms with Gasteiger partial charge in [-0.25, -0.2) is 9.18 Å². The minimum Gasteiger partial charge on any atom is -0.491 e. The Morgan fingerprint density at radius 1 is 1.24 bits per heavy atom. The molecular weight excluding hydrogens is 433 g/mol. The summed E-state index contributed by atoms with van der Waals surface area (Å²) < 4.78 is 25.8. The molecule has 3 rings (SSSR count). The number of aliphatic hydroxyl groups excluding tert-OH is 1. The lowest BCUT2D eigenvalue weighted by Crippen LogP contribution is -2.42. The van der Waals surface area contributed by atoms with Crippen LogP contribution in [0, 0.1) is 11.7 Å². The molecule has 180 valence electrons. The standard InChI is InChI=1S/C23H30FN3O6/c1-23(2,3)33-22(31)26-9-7-15(8-10-26)14-32-18-6-4-5-16(24)20(18)25-17-13-19(29)27(11-12-28)21(17)30/h4-6,13,15,25,28H,7-12,14H2,1-3H3. The Balaban J connectivity index is 1.59. The molecule has 3 amide bonds. The molecule has 0 aromatic heterocycles. The average Bonchev–Trinajstić information content (AvgIpc) is 3.01. The van der Waals surface area contributed by atoms with Gasteiger partial charge in [0.1, 0.15) is 28.6 Å². The molecule has 10 heteroatoms. The van der Waals surface area contributed by atoms with Crippen LogP contribution in [0.25, 0.3) is 0 Å². The van der Waals surface area contributed by atoms with E-state index in [0.717, 1.165) is 11.0 Å². The normalized spacial score (nSPS) is 17.3. The summed E-state index contributed by atoms with van der Waals surface area (Å²) in [5.74, 6) is -1.47. The Morgan fingerprint density at radius 2 is 1.94 bits per heavy atom. The molecule has 33 heavy (non-hydrogen) atoms. The number of imide groups is 1. The summed E-state index contributed by atoms with van der Waals surface area (Å²) in [7, 11) is 0. The van der Waals surface area contributed by atoms with Crippen LogP contribution in [-0.2, 0) is 14.3 Å². The Labute approximate surface area is 192 Å². The quantitative estimate of drug-likeness (QED) is 0.598. The van der Waals surface area contributed by atoms with E-state index in [9.17, 15) is 18.8 Å². The minimum atomic E-state index is -0.641. The Hall–Kier alpha value is -3.14. The number of anilines is 1. The first-order valence-corrected chi connectivity index (χ1v) is 10.9. The number of piperidine rings is 1. The fourth-order valence-electron chi connectivity index (χ4n) is 3.61. The van der Waals surface area contributed by atoms with Crippen molar-refractivity contribution in [1.82, 2.24) is 9.80 Å². The zero-order valence-corrected chi connectivity index (χ0v) is 19.1. The second-order valence-corrected chi connectivity index (χ2v) is 9.04. The Morgan fingerprint density at radius 3 is 2.58 bits per heavy atom. The van der Waals surface area contributed by atoms with Gasteiger partial charge in [0, 0.05) is 19.2 Å². The van der Waals surface area contributed by atoms with E-state index in [4.69, 9.17) is 14.6 Å². The second-order valence-electron chi connectivity index (χ2n) is 9.04. The second kappa shape index (κ2) is 10.2. The highest BCUT2D eigenvalue weighted by Crippen LogP contribution is 2.31. The molecule has 0 saturated carbocycles. The molecule has 2 aliphatic heterocycles. The third-order valence-corrected chi connectivity index (χ3v) is 5.31. The van der Waals surface area contributed by atoms with E-state index in [1.807, 2.05) is 20.8 Å². The van der Waals surface area contributed by atoms with Crippen LogP contribution in [0.3, 0.4) is 0 Å². The zero-order valence-electron chi connectivity index (χ0n) is 19.1. The van der Waals surface area contributed by atoms with Crippen molar-refractivity contribution in [3.05, 3.63) is 35.8 Å². The highest BCUT2D eigenvalue weighted by molar-refractivity contribution is 6.17. The third kappa shape index (κ3) is 6.22. The van der Waals surface area contributed by atoms with Crippen molar-refractivity contribution in [2.24, 2.45) is 5.92 Å². The van der Waals surface area contributed by atoms with Crippen LogP contribution in [-0.4, -0.2) is 71.3 Å². The van der Waals surface area contributed by atoms with E-state index < -0.39 is 23.2 Å². The van der Waals surface area contributed by atoms with Crippen molar-refractivity contribution in [1.29, 1.82) is 0 Å². The number of halogens is 1. The van der Waals surface area contributed by atoms with Crippen molar-refractivity contribution in [2.75, 3.05) is 38.2 Å². The summed E-state index contributed by atoms with van der Waals surface area (Å²) in [5.41, 5.74) is -0.677. The molecule has 0 spiro atoms. The molecule has 0 unspecified atom stereocenters. The summed E-state index contributed by atoms with van der Waals surface area (Å²) in [6.45, 7) is 6.37. The molecule has 0 bridgehead atoms. The van der Waals surface area contributed by atoms with Crippen LogP contribution in [0.4, 0.5) is 14.9 Å². The number of hydrogen-bond donors (Lipinski definition) is 2. The van der Waals surface area contributed by atoms with E-state index in [1.165, 1.54) is 12.1 Å². The third-order valence-electron chi connectivity index (χ3n) is 5.31. The molecule has 2 heterocycles. The number of amides is 3. The van der Waals surface area contributed by atoms with E-state index in [2.05, 4.69) is 5.32 Å². The fourth-order valence-corrected chi connectivity index (χ4v) is 3.61. The molecule has 1 fully saturated rings. The first-order valence-electron chi connectivity index (χ1n) is 10.9. The number of aliphatic hydroxyl groups is 1.